The molecule has 0 atom stereocenters. The van der Waals surface area contributed by atoms with Gasteiger partial charge < -0.3 is 0 Å². The first-order valence-electron chi connectivity index (χ1n) is 3.75. The zero-order chi connectivity index (χ0) is 9.73. The fourth-order valence-electron chi connectivity index (χ4n) is 0.837. The molecule has 0 aromatic heterocycles. The quantitative estimate of drug-likeness (QED) is 0.760. The first-order chi connectivity index (χ1) is 6.20. The van der Waals surface area contributed by atoms with Gasteiger partial charge in [-0.05, 0) is 12.1 Å². The maximum Gasteiger partial charge on any atom is 0.432 e. The summed E-state index contributed by atoms with van der Waals surface area (Å²) in [5, 5.41) is 2.67. The molecule has 0 spiro atoms. The Balaban J connectivity index is 2.74. The Morgan fingerprint density at radius 3 is 2.15 bits per heavy atom. The summed E-state index contributed by atoms with van der Waals surface area (Å²) in [6, 6.07) is 9.10. The van der Waals surface area contributed by atoms with E-state index in [9.17, 15) is 4.57 Å². The Morgan fingerprint density at radius 2 is 1.69 bits per heavy atom. The molecule has 0 fully saturated rings. The van der Waals surface area contributed by atoms with Crippen LogP contribution in [-0.2, 0) is 13.6 Å². The third-order valence-electron chi connectivity index (χ3n) is 1.52. The van der Waals surface area contributed by atoms with Crippen molar-refractivity contribution in [3.05, 3.63) is 30.3 Å². The smallest absolute Gasteiger partial charge is 0.296 e. The van der Waals surface area contributed by atoms with Gasteiger partial charge in [0.2, 0.25) is 0 Å². The molecular formula is C8H12NO3P. The van der Waals surface area contributed by atoms with E-state index in [0.717, 1.165) is 0 Å². The lowest BCUT2D eigenvalue weighted by Crippen LogP contribution is -2.00. The predicted octanol–water partition coefficient (Wildman–Crippen LogP) is 2.50. The molecule has 13 heavy (non-hydrogen) atoms. The van der Waals surface area contributed by atoms with Crippen molar-refractivity contribution in [2.24, 2.45) is 0 Å². The Kier molecular flexibility index (Phi) is 3.48. The Hall–Kier alpha value is -0.830. The van der Waals surface area contributed by atoms with Gasteiger partial charge in [-0.2, -0.15) is 0 Å². The number of benzene rings is 1. The Labute approximate surface area is 77.5 Å². The molecule has 0 unspecified atom stereocenters. The second-order valence-corrected chi connectivity index (χ2v) is 4.29. The van der Waals surface area contributed by atoms with E-state index in [1.165, 1.54) is 14.2 Å². The zero-order valence-electron chi connectivity index (χ0n) is 7.56. The van der Waals surface area contributed by atoms with Crippen LogP contribution in [0.1, 0.15) is 0 Å². The lowest BCUT2D eigenvalue weighted by atomic mass is 10.3. The van der Waals surface area contributed by atoms with E-state index in [0.29, 0.717) is 5.69 Å². The summed E-state index contributed by atoms with van der Waals surface area (Å²) in [7, 11) is -0.486. The van der Waals surface area contributed by atoms with Gasteiger partial charge in [-0.25, -0.2) is 4.57 Å². The van der Waals surface area contributed by atoms with Crippen molar-refractivity contribution >= 4 is 13.4 Å². The highest BCUT2D eigenvalue weighted by Crippen LogP contribution is 2.45. The van der Waals surface area contributed by atoms with Gasteiger partial charge in [-0.1, -0.05) is 18.2 Å². The fourth-order valence-corrected chi connectivity index (χ4v) is 1.63. The summed E-state index contributed by atoms with van der Waals surface area (Å²) >= 11 is 0. The first kappa shape index (κ1) is 10.3. The van der Waals surface area contributed by atoms with E-state index in [1.807, 2.05) is 18.2 Å². The third-order valence-corrected chi connectivity index (χ3v) is 3.01. The average molecular weight is 201 g/mol. The molecule has 0 radical (unpaired) electrons. The maximum atomic E-state index is 11.6. The van der Waals surface area contributed by atoms with Crippen LogP contribution in [0.3, 0.4) is 0 Å². The maximum absolute atomic E-state index is 11.6. The Bertz CT molecular complexity index is 294. The topological polar surface area (TPSA) is 47.6 Å². The molecule has 0 amide bonds. The molecule has 0 bridgehead atoms. The molecule has 5 heteroatoms. The fraction of sp³-hybridized carbons (Fsp3) is 0.250. The zero-order valence-corrected chi connectivity index (χ0v) is 8.45. The van der Waals surface area contributed by atoms with E-state index in [1.54, 1.807) is 12.1 Å². The van der Waals surface area contributed by atoms with E-state index in [-0.39, 0.29) is 0 Å². The standard InChI is InChI=1S/C8H12NO3P/c1-11-13(10,12-2)9-8-6-4-3-5-7-8/h3-7H,1-2H3,(H,9,10). The number of hydrogen-bond donors (Lipinski definition) is 1. The molecule has 0 heterocycles. The lowest BCUT2D eigenvalue weighted by Gasteiger charge is -2.15. The van der Waals surface area contributed by atoms with Gasteiger partial charge in [-0.15, -0.1) is 0 Å². The van der Waals surface area contributed by atoms with Crippen molar-refractivity contribution in [2.75, 3.05) is 19.3 Å². The van der Waals surface area contributed by atoms with Crippen LogP contribution < -0.4 is 5.09 Å². The number of hydrogen-bond acceptors (Lipinski definition) is 3. The molecule has 0 saturated carbocycles. The van der Waals surface area contributed by atoms with E-state index < -0.39 is 7.75 Å². The Morgan fingerprint density at radius 1 is 1.15 bits per heavy atom. The van der Waals surface area contributed by atoms with Crippen molar-refractivity contribution in [1.82, 2.24) is 0 Å². The van der Waals surface area contributed by atoms with Crippen LogP contribution in [0.15, 0.2) is 30.3 Å². The molecule has 1 rings (SSSR count). The molecule has 72 valence electrons. The van der Waals surface area contributed by atoms with Gasteiger partial charge in [-0.3, -0.25) is 14.1 Å². The normalized spacial score (nSPS) is 11.2. The molecule has 4 nitrogen and oxygen atoms in total. The van der Waals surface area contributed by atoms with Crippen LogP contribution in [0.4, 0.5) is 5.69 Å². The predicted molar refractivity (Wildman–Crippen MR) is 51.7 cm³/mol. The van der Waals surface area contributed by atoms with E-state index in [2.05, 4.69) is 5.09 Å². The summed E-state index contributed by atoms with van der Waals surface area (Å²) in [6.45, 7) is 0. The molecule has 1 N–H and O–H groups in total. The minimum atomic E-state index is -3.15. The van der Waals surface area contributed by atoms with Crippen LogP contribution in [-0.4, -0.2) is 14.2 Å². The highest BCUT2D eigenvalue weighted by Gasteiger charge is 2.20. The summed E-state index contributed by atoms with van der Waals surface area (Å²) < 4.78 is 21.0. The lowest BCUT2D eigenvalue weighted by molar-refractivity contribution is 0.281. The second-order valence-electron chi connectivity index (χ2n) is 2.34. The van der Waals surface area contributed by atoms with E-state index in [4.69, 9.17) is 9.05 Å². The molecular weight excluding hydrogens is 189 g/mol. The van der Waals surface area contributed by atoms with Crippen molar-refractivity contribution in [1.29, 1.82) is 0 Å². The van der Waals surface area contributed by atoms with Crippen LogP contribution in [0.2, 0.25) is 0 Å². The summed E-state index contributed by atoms with van der Waals surface area (Å²) in [5.41, 5.74) is 0.703. The molecule has 0 saturated heterocycles. The molecule has 1 aromatic carbocycles. The van der Waals surface area contributed by atoms with Gasteiger partial charge in [0.05, 0.1) is 0 Å². The summed E-state index contributed by atoms with van der Waals surface area (Å²) in [6.07, 6.45) is 0. The monoisotopic (exact) mass is 201 g/mol. The number of rotatable bonds is 4. The van der Waals surface area contributed by atoms with Crippen molar-refractivity contribution in [2.45, 2.75) is 0 Å². The largest absolute Gasteiger partial charge is 0.432 e. The van der Waals surface area contributed by atoms with Gasteiger partial charge in [0.15, 0.2) is 0 Å². The van der Waals surface area contributed by atoms with Gasteiger partial charge >= 0.3 is 7.75 Å². The summed E-state index contributed by atoms with van der Waals surface area (Å²) in [4.78, 5) is 0. The number of para-hydroxylation sites is 1. The highest BCUT2D eigenvalue weighted by atomic mass is 31.2. The van der Waals surface area contributed by atoms with Crippen LogP contribution in [0, 0.1) is 0 Å². The first-order valence-corrected chi connectivity index (χ1v) is 5.29. The van der Waals surface area contributed by atoms with Crippen molar-refractivity contribution in [3.8, 4) is 0 Å². The average Bonchev–Trinajstić information content (AvgIpc) is 2.19. The van der Waals surface area contributed by atoms with Gasteiger partial charge in [0.1, 0.15) is 0 Å². The van der Waals surface area contributed by atoms with Gasteiger partial charge in [0, 0.05) is 19.9 Å². The minimum absolute atomic E-state index is 0.703. The SMILES string of the molecule is COP(=O)(Nc1ccccc1)OC. The van der Waals surface area contributed by atoms with Gasteiger partial charge in [0.25, 0.3) is 0 Å². The highest BCUT2D eigenvalue weighted by molar-refractivity contribution is 7.55. The van der Waals surface area contributed by atoms with Crippen LogP contribution in [0.5, 0.6) is 0 Å². The molecule has 0 aliphatic heterocycles. The molecule has 0 aliphatic carbocycles. The van der Waals surface area contributed by atoms with Crippen molar-refractivity contribution in [3.63, 3.8) is 0 Å². The summed E-state index contributed by atoms with van der Waals surface area (Å²) in [5.74, 6) is 0. The number of nitrogens with one attached hydrogen (secondary N) is 1. The third kappa shape index (κ3) is 2.84. The second kappa shape index (κ2) is 4.42. The molecule has 0 aliphatic rings. The number of anilines is 1. The van der Waals surface area contributed by atoms with Crippen LogP contribution >= 0.6 is 7.75 Å². The van der Waals surface area contributed by atoms with E-state index >= 15 is 0 Å². The van der Waals surface area contributed by atoms with Crippen LogP contribution in [0.25, 0.3) is 0 Å². The minimum Gasteiger partial charge on any atom is -0.296 e. The molecule has 1 aromatic rings. The van der Waals surface area contributed by atoms with Crippen molar-refractivity contribution < 1.29 is 13.6 Å².